The van der Waals surface area contributed by atoms with Crippen LogP contribution in [0.2, 0.25) is 0 Å². The van der Waals surface area contributed by atoms with E-state index in [2.05, 4.69) is 16.6 Å². The molecule has 0 spiro atoms. The smallest absolute Gasteiger partial charge is 0.317 e. The van der Waals surface area contributed by atoms with E-state index in [9.17, 15) is 13.6 Å². The van der Waals surface area contributed by atoms with Crippen LogP contribution in [0.1, 0.15) is 30.9 Å². The molecule has 90 valence electrons. The summed E-state index contributed by atoms with van der Waals surface area (Å²) in [6.45, 7) is 2.01. The number of halogens is 2. The van der Waals surface area contributed by atoms with Crippen molar-refractivity contribution in [3.8, 4) is 11.8 Å². The van der Waals surface area contributed by atoms with Crippen molar-refractivity contribution in [3.05, 3.63) is 35.4 Å². The number of carbonyl (C=O) groups is 1. The largest absolute Gasteiger partial charge is 0.465 e. The fourth-order valence-electron chi connectivity index (χ4n) is 1.18. The Kier molecular flexibility index (Phi) is 5.15. The first-order valence-corrected chi connectivity index (χ1v) is 5.16. The molecule has 0 saturated heterocycles. The van der Waals surface area contributed by atoms with Crippen LogP contribution in [0.25, 0.3) is 0 Å². The van der Waals surface area contributed by atoms with E-state index >= 15 is 0 Å². The minimum Gasteiger partial charge on any atom is -0.465 e. The predicted molar refractivity (Wildman–Crippen MR) is 59.5 cm³/mol. The Labute approximate surface area is 98.6 Å². The lowest BCUT2D eigenvalue weighted by Gasteiger charge is -1.98. The highest BCUT2D eigenvalue weighted by Gasteiger charge is 2.05. The number of carbonyl (C=O) groups excluding carboxylic acids is 1. The molecule has 0 saturated carbocycles. The molecule has 4 heteroatoms. The van der Waals surface area contributed by atoms with Crippen LogP contribution in [0.5, 0.6) is 0 Å². The molecule has 0 N–H and O–H groups in total. The SMILES string of the molecule is CCOC(=O)CC#Cc1cccc(C(F)F)c1. The average Bonchev–Trinajstić information content (AvgIpc) is 2.30. The van der Waals surface area contributed by atoms with E-state index in [1.165, 1.54) is 18.2 Å². The van der Waals surface area contributed by atoms with Gasteiger partial charge in [0.05, 0.1) is 6.61 Å². The summed E-state index contributed by atoms with van der Waals surface area (Å²) >= 11 is 0. The maximum absolute atomic E-state index is 12.4. The van der Waals surface area contributed by atoms with E-state index in [1.54, 1.807) is 13.0 Å². The third kappa shape index (κ3) is 4.64. The zero-order valence-electron chi connectivity index (χ0n) is 9.37. The van der Waals surface area contributed by atoms with Gasteiger partial charge in [-0.25, -0.2) is 8.78 Å². The van der Waals surface area contributed by atoms with E-state index in [4.69, 9.17) is 0 Å². The minimum atomic E-state index is -2.51. The molecule has 0 unspecified atom stereocenters. The molecule has 0 bridgehead atoms. The maximum atomic E-state index is 12.4. The van der Waals surface area contributed by atoms with Crippen molar-refractivity contribution in [3.63, 3.8) is 0 Å². The molecule has 0 aliphatic rings. The summed E-state index contributed by atoms with van der Waals surface area (Å²) in [6.07, 6.45) is -2.55. The van der Waals surface area contributed by atoms with Crippen molar-refractivity contribution < 1.29 is 18.3 Å². The molecule has 0 aromatic heterocycles. The second kappa shape index (κ2) is 6.64. The van der Waals surface area contributed by atoms with E-state index in [0.717, 1.165) is 0 Å². The Morgan fingerprint density at radius 2 is 2.24 bits per heavy atom. The topological polar surface area (TPSA) is 26.3 Å². The van der Waals surface area contributed by atoms with Crippen LogP contribution in [0.4, 0.5) is 8.78 Å². The standard InChI is InChI=1S/C13H12F2O2/c1-2-17-12(16)8-4-6-10-5-3-7-11(9-10)13(14)15/h3,5,7,9,13H,2,8H2,1H3. The molecule has 1 rings (SSSR count). The van der Waals surface area contributed by atoms with Gasteiger partial charge in [0.2, 0.25) is 0 Å². The highest BCUT2D eigenvalue weighted by Crippen LogP contribution is 2.18. The van der Waals surface area contributed by atoms with Crippen LogP contribution in [-0.2, 0) is 9.53 Å². The molecular weight excluding hydrogens is 226 g/mol. The molecule has 0 aliphatic heterocycles. The number of ether oxygens (including phenoxy) is 1. The highest BCUT2D eigenvalue weighted by molar-refractivity contribution is 5.72. The Hall–Kier alpha value is -1.89. The summed E-state index contributed by atoms with van der Waals surface area (Å²) in [5.74, 6) is 4.82. The van der Waals surface area contributed by atoms with Gasteiger partial charge in [-0.2, -0.15) is 0 Å². The second-order valence-electron chi connectivity index (χ2n) is 3.21. The lowest BCUT2D eigenvalue weighted by atomic mass is 10.1. The van der Waals surface area contributed by atoms with Crippen molar-refractivity contribution in [1.82, 2.24) is 0 Å². The van der Waals surface area contributed by atoms with E-state index < -0.39 is 12.4 Å². The molecule has 0 atom stereocenters. The van der Waals surface area contributed by atoms with E-state index in [0.29, 0.717) is 12.2 Å². The van der Waals surface area contributed by atoms with Gasteiger partial charge >= 0.3 is 5.97 Å². The number of hydrogen-bond acceptors (Lipinski definition) is 2. The highest BCUT2D eigenvalue weighted by atomic mass is 19.3. The van der Waals surface area contributed by atoms with Crippen molar-refractivity contribution in [2.24, 2.45) is 0 Å². The molecule has 1 aromatic rings. The molecule has 0 heterocycles. The number of hydrogen-bond donors (Lipinski definition) is 0. The first kappa shape index (κ1) is 13.2. The van der Waals surface area contributed by atoms with Crippen LogP contribution in [0, 0.1) is 11.8 Å². The molecule has 0 fully saturated rings. The van der Waals surface area contributed by atoms with Crippen molar-refractivity contribution in [2.75, 3.05) is 6.61 Å². The Bertz CT molecular complexity index is 444. The van der Waals surface area contributed by atoms with Crippen LogP contribution < -0.4 is 0 Å². The lowest BCUT2D eigenvalue weighted by Crippen LogP contribution is -2.01. The van der Waals surface area contributed by atoms with Gasteiger partial charge in [0, 0.05) is 11.1 Å². The van der Waals surface area contributed by atoms with Crippen molar-refractivity contribution in [1.29, 1.82) is 0 Å². The van der Waals surface area contributed by atoms with Gasteiger partial charge in [0.1, 0.15) is 6.42 Å². The van der Waals surface area contributed by atoms with Crippen molar-refractivity contribution in [2.45, 2.75) is 19.8 Å². The Morgan fingerprint density at radius 3 is 2.88 bits per heavy atom. The predicted octanol–water partition coefficient (Wildman–Crippen LogP) is 2.93. The summed E-state index contributed by atoms with van der Waals surface area (Å²) in [7, 11) is 0. The van der Waals surface area contributed by atoms with Crippen LogP contribution in [0.15, 0.2) is 24.3 Å². The third-order valence-electron chi connectivity index (χ3n) is 1.91. The Morgan fingerprint density at radius 1 is 1.47 bits per heavy atom. The van der Waals surface area contributed by atoms with Gasteiger partial charge in [-0.1, -0.05) is 24.0 Å². The molecule has 0 aliphatic carbocycles. The van der Waals surface area contributed by atoms with Gasteiger partial charge in [0.25, 0.3) is 6.43 Å². The van der Waals surface area contributed by atoms with Crippen LogP contribution in [-0.4, -0.2) is 12.6 Å². The second-order valence-corrected chi connectivity index (χ2v) is 3.21. The summed E-state index contributed by atoms with van der Waals surface area (Å²) < 4.78 is 29.4. The van der Waals surface area contributed by atoms with Gasteiger partial charge < -0.3 is 4.74 Å². The molecule has 1 aromatic carbocycles. The first-order chi connectivity index (χ1) is 8.13. The van der Waals surface area contributed by atoms with Gasteiger partial charge in [-0.05, 0) is 19.1 Å². The summed E-state index contributed by atoms with van der Waals surface area (Å²) in [6, 6.07) is 5.77. The first-order valence-electron chi connectivity index (χ1n) is 5.16. The zero-order valence-corrected chi connectivity index (χ0v) is 9.37. The monoisotopic (exact) mass is 238 g/mol. The van der Waals surface area contributed by atoms with Gasteiger partial charge in [-0.15, -0.1) is 0 Å². The van der Waals surface area contributed by atoms with Gasteiger partial charge in [-0.3, -0.25) is 4.79 Å². The summed E-state index contributed by atoms with van der Waals surface area (Å²) in [4.78, 5) is 11.0. The lowest BCUT2D eigenvalue weighted by molar-refractivity contribution is -0.141. The molecular formula is C13H12F2O2. The molecule has 2 nitrogen and oxygen atoms in total. The number of benzene rings is 1. The molecule has 0 radical (unpaired) electrons. The molecule has 0 amide bonds. The average molecular weight is 238 g/mol. The van der Waals surface area contributed by atoms with Crippen LogP contribution in [0.3, 0.4) is 0 Å². The van der Waals surface area contributed by atoms with Gasteiger partial charge in [0.15, 0.2) is 0 Å². The Balaban J connectivity index is 2.65. The fourth-order valence-corrected chi connectivity index (χ4v) is 1.18. The third-order valence-corrected chi connectivity index (χ3v) is 1.91. The van der Waals surface area contributed by atoms with Crippen LogP contribution >= 0.6 is 0 Å². The van der Waals surface area contributed by atoms with E-state index in [1.807, 2.05) is 0 Å². The minimum absolute atomic E-state index is 0.0350. The maximum Gasteiger partial charge on any atom is 0.317 e. The zero-order chi connectivity index (χ0) is 12.7. The number of rotatable bonds is 3. The summed E-state index contributed by atoms with van der Waals surface area (Å²) in [5, 5.41) is 0. The number of esters is 1. The number of alkyl halides is 2. The quantitative estimate of drug-likeness (QED) is 0.597. The fraction of sp³-hybridized carbons (Fsp3) is 0.308. The van der Waals surface area contributed by atoms with Crippen molar-refractivity contribution >= 4 is 5.97 Å². The molecule has 17 heavy (non-hydrogen) atoms. The summed E-state index contributed by atoms with van der Waals surface area (Å²) in [5.41, 5.74) is 0.389. The van der Waals surface area contributed by atoms with E-state index in [-0.39, 0.29) is 12.0 Å². The normalized spacial score (nSPS) is 9.65.